The predicted molar refractivity (Wildman–Crippen MR) is 105 cm³/mol. The SMILES string of the molecule is Cc1ccc(S(=O)(=O)N2CCC(c3c(C)[nH]c4ccccc34)CC2)cc1. The van der Waals surface area contributed by atoms with E-state index >= 15 is 0 Å². The van der Waals surface area contributed by atoms with Crippen molar-refractivity contribution in [1.29, 1.82) is 0 Å². The average Bonchev–Trinajstić information content (AvgIpc) is 2.98. The molecule has 4 nitrogen and oxygen atoms in total. The molecule has 0 radical (unpaired) electrons. The van der Waals surface area contributed by atoms with Crippen LogP contribution in [-0.4, -0.2) is 30.8 Å². The van der Waals surface area contributed by atoms with E-state index in [9.17, 15) is 8.42 Å². The van der Waals surface area contributed by atoms with Gasteiger partial charge in [0.05, 0.1) is 4.90 Å². The van der Waals surface area contributed by atoms with E-state index in [-0.39, 0.29) is 0 Å². The van der Waals surface area contributed by atoms with Crippen LogP contribution in [0, 0.1) is 13.8 Å². The van der Waals surface area contributed by atoms with Crippen LogP contribution >= 0.6 is 0 Å². The summed E-state index contributed by atoms with van der Waals surface area (Å²) in [6.45, 7) is 5.22. The summed E-state index contributed by atoms with van der Waals surface area (Å²) in [4.78, 5) is 3.86. The van der Waals surface area contributed by atoms with Gasteiger partial charge >= 0.3 is 0 Å². The van der Waals surface area contributed by atoms with Gasteiger partial charge in [-0.3, -0.25) is 0 Å². The average molecular weight is 369 g/mol. The highest BCUT2D eigenvalue weighted by molar-refractivity contribution is 7.89. The van der Waals surface area contributed by atoms with E-state index in [0.717, 1.165) is 23.9 Å². The van der Waals surface area contributed by atoms with Crippen LogP contribution < -0.4 is 0 Å². The van der Waals surface area contributed by atoms with Crippen molar-refractivity contribution in [3.63, 3.8) is 0 Å². The molecule has 0 unspecified atom stereocenters. The largest absolute Gasteiger partial charge is 0.358 e. The van der Waals surface area contributed by atoms with Gasteiger partial charge in [-0.1, -0.05) is 35.9 Å². The summed E-state index contributed by atoms with van der Waals surface area (Å²) in [7, 11) is -3.40. The Morgan fingerprint density at radius 1 is 0.962 bits per heavy atom. The molecule has 1 N–H and O–H groups in total. The second kappa shape index (κ2) is 6.56. The van der Waals surface area contributed by atoms with Gasteiger partial charge in [0.1, 0.15) is 0 Å². The Balaban J connectivity index is 1.55. The Labute approximate surface area is 154 Å². The third kappa shape index (κ3) is 2.95. The smallest absolute Gasteiger partial charge is 0.243 e. The summed E-state index contributed by atoms with van der Waals surface area (Å²) in [6, 6.07) is 15.5. The fourth-order valence-electron chi connectivity index (χ4n) is 4.07. The van der Waals surface area contributed by atoms with Gasteiger partial charge in [-0.15, -0.1) is 0 Å². The van der Waals surface area contributed by atoms with Gasteiger partial charge in [-0.2, -0.15) is 4.31 Å². The number of nitrogens with one attached hydrogen (secondary N) is 1. The third-order valence-electron chi connectivity index (χ3n) is 5.46. The maximum absolute atomic E-state index is 12.9. The summed E-state index contributed by atoms with van der Waals surface area (Å²) in [5, 5.41) is 1.27. The number of para-hydroxylation sites is 1. The fourth-order valence-corrected chi connectivity index (χ4v) is 5.54. The van der Waals surface area contributed by atoms with E-state index in [0.29, 0.717) is 23.9 Å². The van der Waals surface area contributed by atoms with Crippen molar-refractivity contribution in [3.8, 4) is 0 Å². The van der Waals surface area contributed by atoms with Crippen LogP contribution in [0.2, 0.25) is 0 Å². The second-order valence-corrected chi connectivity index (χ2v) is 9.14. The first-order valence-corrected chi connectivity index (χ1v) is 10.5. The highest BCUT2D eigenvalue weighted by atomic mass is 32.2. The lowest BCUT2D eigenvalue weighted by Gasteiger charge is -2.31. The van der Waals surface area contributed by atoms with Crippen LogP contribution in [0.4, 0.5) is 0 Å². The van der Waals surface area contributed by atoms with E-state index in [1.54, 1.807) is 16.4 Å². The number of H-pyrrole nitrogens is 1. The topological polar surface area (TPSA) is 53.2 Å². The number of piperidine rings is 1. The molecule has 0 amide bonds. The van der Waals surface area contributed by atoms with E-state index in [1.165, 1.54) is 16.6 Å². The third-order valence-corrected chi connectivity index (χ3v) is 7.38. The Hall–Kier alpha value is -2.11. The molecule has 136 valence electrons. The minimum absolute atomic E-state index is 0.393. The fraction of sp³-hybridized carbons (Fsp3) is 0.333. The summed E-state index contributed by atoms with van der Waals surface area (Å²) >= 11 is 0. The number of benzene rings is 2. The van der Waals surface area contributed by atoms with Gasteiger partial charge in [0.25, 0.3) is 0 Å². The minimum Gasteiger partial charge on any atom is -0.358 e. The van der Waals surface area contributed by atoms with Crippen LogP contribution in [0.5, 0.6) is 0 Å². The van der Waals surface area contributed by atoms with Gasteiger partial charge < -0.3 is 4.98 Å². The minimum atomic E-state index is -3.40. The Bertz CT molecular complexity index is 1030. The summed E-state index contributed by atoms with van der Waals surface area (Å²) in [5.41, 5.74) is 4.78. The molecular weight excluding hydrogens is 344 g/mol. The van der Waals surface area contributed by atoms with E-state index in [2.05, 4.69) is 30.1 Å². The van der Waals surface area contributed by atoms with Crippen molar-refractivity contribution in [1.82, 2.24) is 9.29 Å². The molecule has 26 heavy (non-hydrogen) atoms. The summed E-state index contributed by atoms with van der Waals surface area (Å²) in [6.07, 6.45) is 1.71. The lowest BCUT2D eigenvalue weighted by Crippen LogP contribution is -2.37. The molecule has 1 aromatic heterocycles. The number of fused-ring (bicyclic) bond motifs is 1. The number of sulfonamides is 1. The van der Waals surface area contributed by atoms with Crippen LogP contribution in [0.3, 0.4) is 0 Å². The highest BCUT2D eigenvalue weighted by Crippen LogP contribution is 2.36. The zero-order chi connectivity index (χ0) is 18.3. The summed E-state index contributed by atoms with van der Waals surface area (Å²) < 4.78 is 27.4. The number of aromatic nitrogens is 1. The van der Waals surface area contributed by atoms with E-state index in [4.69, 9.17) is 0 Å². The molecule has 1 aliphatic rings. The number of aryl methyl sites for hydroxylation is 2. The number of rotatable bonds is 3. The summed E-state index contributed by atoms with van der Waals surface area (Å²) in [5.74, 6) is 0.399. The normalized spacial score (nSPS) is 17.0. The molecule has 0 aliphatic carbocycles. The van der Waals surface area contributed by atoms with E-state index < -0.39 is 10.0 Å². The first kappa shape index (κ1) is 17.3. The molecular formula is C21H24N2O2S. The van der Waals surface area contributed by atoms with Crippen molar-refractivity contribution >= 4 is 20.9 Å². The van der Waals surface area contributed by atoms with Crippen LogP contribution in [-0.2, 0) is 10.0 Å². The quantitative estimate of drug-likeness (QED) is 0.747. The molecule has 0 bridgehead atoms. The highest BCUT2D eigenvalue weighted by Gasteiger charge is 2.31. The molecule has 0 spiro atoms. The molecule has 3 aromatic rings. The lowest BCUT2D eigenvalue weighted by atomic mass is 9.88. The maximum atomic E-state index is 12.9. The van der Waals surface area contributed by atoms with Gasteiger partial charge in [-0.05, 0) is 56.4 Å². The first-order valence-electron chi connectivity index (χ1n) is 9.11. The first-order chi connectivity index (χ1) is 12.5. The number of hydrogen-bond donors (Lipinski definition) is 1. The van der Waals surface area contributed by atoms with Crippen molar-refractivity contribution in [2.75, 3.05) is 13.1 Å². The molecule has 0 saturated carbocycles. The Morgan fingerprint density at radius 3 is 2.31 bits per heavy atom. The number of nitrogens with zero attached hydrogens (tertiary/aromatic N) is 1. The van der Waals surface area contributed by atoms with Gasteiger partial charge in [0, 0.05) is 29.7 Å². The predicted octanol–water partition coefficient (Wildman–Crippen LogP) is 4.35. The van der Waals surface area contributed by atoms with Gasteiger partial charge in [-0.25, -0.2) is 8.42 Å². The van der Waals surface area contributed by atoms with Crippen LogP contribution in [0.25, 0.3) is 10.9 Å². The lowest BCUT2D eigenvalue weighted by molar-refractivity contribution is 0.320. The molecule has 2 aromatic carbocycles. The molecule has 5 heteroatoms. The molecule has 2 heterocycles. The van der Waals surface area contributed by atoms with E-state index in [1.807, 2.05) is 25.1 Å². The monoisotopic (exact) mass is 368 g/mol. The van der Waals surface area contributed by atoms with Crippen molar-refractivity contribution in [2.24, 2.45) is 0 Å². The van der Waals surface area contributed by atoms with Crippen molar-refractivity contribution in [2.45, 2.75) is 37.5 Å². The number of hydrogen-bond acceptors (Lipinski definition) is 2. The molecule has 0 atom stereocenters. The standard InChI is InChI=1S/C21H24N2O2S/c1-15-7-9-18(10-8-15)26(24,25)23-13-11-17(12-14-23)21-16(2)22-20-6-4-3-5-19(20)21/h3-10,17,22H,11-14H2,1-2H3. The maximum Gasteiger partial charge on any atom is 0.243 e. The van der Waals surface area contributed by atoms with Crippen molar-refractivity contribution < 1.29 is 8.42 Å². The molecule has 1 aliphatic heterocycles. The van der Waals surface area contributed by atoms with Gasteiger partial charge in [0.2, 0.25) is 10.0 Å². The van der Waals surface area contributed by atoms with Crippen LogP contribution in [0.15, 0.2) is 53.4 Å². The molecule has 1 fully saturated rings. The second-order valence-electron chi connectivity index (χ2n) is 7.20. The number of aromatic amines is 1. The van der Waals surface area contributed by atoms with Crippen LogP contribution in [0.1, 0.15) is 35.6 Å². The zero-order valence-electron chi connectivity index (χ0n) is 15.2. The Morgan fingerprint density at radius 2 is 1.62 bits per heavy atom. The molecule has 4 rings (SSSR count). The van der Waals surface area contributed by atoms with Gasteiger partial charge in [0.15, 0.2) is 0 Å². The Kier molecular flexibility index (Phi) is 4.37. The zero-order valence-corrected chi connectivity index (χ0v) is 16.0. The molecule has 1 saturated heterocycles. The van der Waals surface area contributed by atoms with Crippen molar-refractivity contribution in [3.05, 3.63) is 65.4 Å².